The van der Waals surface area contributed by atoms with E-state index in [0.29, 0.717) is 11.1 Å². The fourth-order valence-corrected chi connectivity index (χ4v) is 6.02. The van der Waals surface area contributed by atoms with Crippen molar-refractivity contribution in [3.8, 4) is 17.6 Å². The Labute approximate surface area is 209 Å². The third-order valence-electron chi connectivity index (χ3n) is 8.04. The van der Waals surface area contributed by atoms with Gasteiger partial charge in [0.25, 0.3) is 0 Å². The van der Waals surface area contributed by atoms with Crippen LogP contribution in [0.2, 0.25) is 0 Å². The van der Waals surface area contributed by atoms with Gasteiger partial charge in [0.05, 0.1) is 11.7 Å². The Hall–Kier alpha value is -3.19. The summed E-state index contributed by atoms with van der Waals surface area (Å²) in [5.41, 5.74) is 3.79. The van der Waals surface area contributed by atoms with E-state index in [4.69, 9.17) is 5.73 Å². The predicted molar refractivity (Wildman–Crippen MR) is 130 cm³/mol. The van der Waals surface area contributed by atoms with Gasteiger partial charge in [-0.2, -0.15) is 0 Å². The molecule has 4 rings (SSSR count). The molecule has 9 heteroatoms. The maximum absolute atomic E-state index is 13.8. The van der Waals surface area contributed by atoms with E-state index in [1.54, 1.807) is 25.1 Å². The van der Waals surface area contributed by atoms with Crippen molar-refractivity contribution in [2.75, 3.05) is 14.1 Å². The number of nitrogens with zero attached hydrogens (tertiary/aromatic N) is 1. The maximum Gasteiger partial charge on any atom is 0.230 e. The van der Waals surface area contributed by atoms with Gasteiger partial charge in [-0.3, -0.25) is 14.4 Å². The van der Waals surface area contributed by atoms with Gasteiger partial charge >= 0.3 is 0 Å². The molecule has 1 amide bonds. The van der Waals surface area contributed by atoms with Crippen molar-refractivity contribution in [3.63, 3.8) is 0 Å². The Bertz CT molecular complexity index is 1240. The molecule has 9 nitrogen and oxygen atoms in total. The average Bonchev–Trinajstić information content (AvgIpc) is 2.80. The monoisotopic (exact) mass is 496 g/mol. The van der Waals surface area contributed by atoms with Gasteiger partial charge in [0.15, 0.2) is 11.4 Å². The van der Waals surface area contributed by atoms with E-state index in [-0.39, 0.29) is 35.6 Å². The molecule has 0 aromatic heterocycles. The van der Waals surface area contributed by atoms with Crippen LogP contribution in [-0.4, -0.2) is 74.6 Å². The molecule has 2 saturated carbocycles. The van der Waals surface area contributed by atoms with Crippen molar-refractivity contribution in [2.24, 2.45) is 29.4 Å². The fraction of sp³-hybridized carbons (Fsp3) is 0.519. The number of amides is 1. The number of carbonyl (C=O) groups is 3. The molecular formula is C27H32N2O7. The van der Waals surface area contributed by atoms with E-state index in [2.05, 4.69) is 11.8 Å². The highest BCUT2D eigenvalue weighted by atomic mass is 16.3. The van der Waals surface area contributed by atoms with Gasteiger partial charge in [-0.05, 0) is 57.0 Å². The first-order valence-electron chi connectivity index (χ1n) is 12.1. The number of hydrogen-bond donors (Lipinski definition) is 5. The molecule has 0 bridgehead atoms. The molecule has 0 saturated heterocycles. The number of primary amides is 1. The summed E-state index contributed by atoms with van der Waals surface area (Å²) in [5.74, 6) is -1.14. The summed E-state index contributed by atoms with van der Waals surface area (Å²) in [6.45, 7) is 4.01. The molecule has 0 radical (unpaired) electrons. The van der Waals surface area contributed by atoms with Crippen molar-refractivity contribution in [1.29, 1.82) is 0 Å². The lowest BCUT2D eigenvalue weighted by atomic mass is 9.54. The number of ketones is 2. The van der Waals surface area contributed by atoms with Crippen LogP contribution in [-0.2, 0) is 20.8 Å². The van der Waals surface area contributed by atoms with Crippen molar-refractivity contribution in [1.82, 2.24) is 4.90 Å². The van der Waals surface area contributed by atoms with Gasteiger partial charge < -0.3 is 31.1 Å². The zero-order valence-corrected chi connectivity index (χ0v) is 20.8. The summed E-state index contributed by atoms with van der Waals surface area (Å²) in [6, 6.07) is 2.12. The number of likely N-dealkylation sites (N-methyl/N-ethyl adjacent to an activating group) is 1. The molecule has 7 atom stereocenters. The SMILES string of the molecule is CCC(C)C#Cc1ccc(O)c2c1C[C@@H]1C[C@@H]3[C@@H](N(C)C)C(O)C(C(N)=O)C(=O)[C@]3(O)C(=O)C1=C2O. The van der Waals surface area contributed by atoms with Crippen LogP contribution in [0.4, 0.5) is 0 Å². The van der Waals surface area contributed by atoms with Crippen LogP contribution in [0.3, 0.4) is 0 Å². The van der Waals surface area contributed by atoms with Crippen LogP contribution in [0, 0.1) is 35.5 Å². The molecular weight excluding hydrogens is 464 g/mol. The number of aliphatic hydroxyl groups is 3. The number of hydrogen-bond acceptors (Lipinski definition) is 8. The topological polar surface area (TPSA) is 161 Å². The Balaban J connectivity index is 1.90. The van der Waals surface area contributed by atoms with Crippen molar-refractivity contribution in [3.05, 3.63) is 34.4 Å². The second kappa shape index (κ2) is 9.04. The minimum Gasteiger partial charge on any atom is -0.507 e. The lowest BCUT2D eigenvalue weighted by molar-refractivity contribution is -0.184. The number of fused-ring (bicyclic) bond motifs is 3. The molecule has 192 valence electrons. The van der Waals surface area contributed by atoms with Crippen LogP contribution >= 0.6 is 0 Å². The minimum absolute atomic E-state index is 0.0477. The van der Waals surface area contributed by atoms with E-state index < -0.39 is 58.7 Å². The quantitative estimate of drug-likeness (QED) is 0.299. The molecule has 1 aromatic rings. The number of nitrogens with two attached hydrogens (primary N) is 1. The van der Waals surface area contributed by atoms with E-state index in [9.17, 15) is 34.8 Å². The molecule has 0 heterocycles. The van der Waals surface area contributed by atoms with E-state index >= 15 is 0 Å². The molecule has 2 fully saturated rings. The highest BCUT2D eigenvalue weighted by Crippen LogP contribution is 2.52. The maximum atomic E-state index is 13.8. The molecule has 3 aliphatic carbocycles. The van der Waals surface area contributed by atoms with Gasteiger partial charge in [0, 0.05) is 29.0 Å². The van der Waals surface area contributed by atoms with Crippen LogP contribution in [0.5, 0.6) is 5.75 Å². The molecule has 3 aliphatic rings. The Morgan fingerprint density at radius 3 is 2.53 bits per heavy atom. The Kier molecular flexibility index (Phi) is 6.50. The summed E-state index contributed by atoms with van der Waals surface area (Å²) >= 11 is 0. The van der Waals surface area contributed by atoms with Gasteiger partial charge in [0.2, 0.25) is 11.7 Å². The lowest BCUT2D eigenvalue weighted by Crippen LogP contribution is -2.73. The molecule has 36 heavy (non-hydrogen) atoms. The van der Waals surface area contributed by atoms with Crippen LogP contribution in [0.1, 0.15) is 43.4 Å². The second-order valence-electron chi connectivity index (χ2n) is 10.4. The van der Waals surface area contributed by atoms with Gasteiger partial charge in [-0.15, -0.1) is 0 Å². The number of aliphatic hydroxyl groups excluding tert-OH is 2. The second-order valence-corrected chi connectivity index (χ2v) is 10.4. The first-order chi connectivity index (χ1) is 16.9. The third-order valence-corrected chi connectivity index (χ3v) is 8.04. The number of Topliss-reactive ketones (excluding diaryl/α,β-unsaturated/α-hetero) is 2. The summed E-state index contributed by atoms with van der Waals surface area (Å²) in [7, 11) is 3.23. The normalized spacial score (nSPS) is 32.2. The zero-order valence-electron chi connectivity index (χ0n) is 20.8. The summed E-state index contributed by atoms with van der Waals surface area (Å²) < 4.78 is 0. The predicted octanol–water partition coefficient (Wildman–Crippen LogP) is 0.527. The van der Waals surface area contributed by atoms with E-state index in [0.717, 1.165) is 6.42 Å². The average molecular weight is 497 g/mol. The number of phenols is 1. The van der Waals surface area contributed by atoms with Crippen LogP contribution in [0.25, 0.3) is 5.76 Å². The molecule has 3 unspecified atom stereocenters. The summed E-state index contributed by atoms with van der Waals surface area (Å²) in [6.07, 6.45) is -0.352. The largest absolute Gasteiger partial charge is 0.507 e. The fourth-order valence-electron chi connectivity index (χ4n) is 6.02. The number of phenolic OH excluding ortho intramolecular Hbond substituents is 1. The van der Waals surface area contributed by atoms with Crippen molar-refractivity contribution >= 4 is 23.2 Å². The molecule has 1 aromatic carbocycles. The lowest BCUT2D eigenvalue weighted by Gasteiger charge is -2.53. The first-order valence-corrected chi connectivity index (χ1v) is 12.1. The highest BCUT2D eigenvalue weighted by Gasteiger charge is 2.67. The summed E-state index contributed by atoms with van der Waals surface area (Å²) in [5, 5.41) is 44.3. The van der Waals surface area contributed by atoms with E-state index in [1.165, 1.54) is 6.07 Å². The van der Waals surface area contributed by atoms with Crippen molar-refractivity contribution in [2.45, 2.75) is 50.9 Å². The minimum atomic E-state index is -2.66. The molecule has 6 N–H and O–H groups in total. The third kappa shape index (κ3) is 3.63. The highest BCUT2D eigenvalue weighted by molar-refractivity contribution is 6.25. The first kappa shape index (κ1) is 25.9. The smallest absolute Gasteiger partial charge is 0.230 e. The van der Waals surface area contributed by atoms with Gasteiger partial charge in [-0.1, -0.05) is 25.7 Å². The summed E-state index contributed by atoms with van der Waals surface area (Å²) in [4.78, 5) is 40.8. The van der Waals surface area contributed by atoms with Crippen LogP contribution in [0.15, 0.2) is 17.7 Å². The van der Waals surface area contributed by atoms with Crippen molar-refractivity contribution < 1.29 is 34.8 Å². The zero-order chi connectivity index (χ0) is 26.7. The number of benzene rings is 1. The molecule has 0 aliphatic heterocycles. The number of carbonyl (C=O) groups excluding carboxylic acids is 3. The van der Waals surface area contributed by atoms with E-state index in [1.807, 2.05) is 13.8 Å². The Morgan fingerprint density at radius 2 is 1.94 bits per heavy atom. The van der Waals surface area contributed by atoms with Crippen LogP contribution < -0.4 is 5.73 Å². The standard InChI is InChI=1S/C27H32N2O7/c1-5-12(2)6-7-13-8-9-17(30)19-15(13)10-14-11-16-21(29(3)4)23(32)20(26(28)35)25(34)27(16,36)24(33)18(14)22(19)31/h8-9,12,14,16,20-21,23,30-32,36H,5,10-11H2,1-4H3,(H2,28,35)/t12?,14-,16-,20?,21-,23?,27-/m1/s1. The number of rotatable bonds is 3. The number of aromatic hydroxyl groups is 1. The Morgan fingerprint density at radius 1 is 1.28 bits per heavy atom. The molecule has 0 spiro atoms. The van der Waals surface area contributed by atoms with Gasteiger partial charge in [0.1, 0.15) is 17.4 Å². The van der Waals surface area contributed by atoms with Gasteiger partial charge in [-0.25, -0.2) is 0 Å².